The minimum Gasteiger partial charge on any atom is -0.305 e. The van der Waals surface area contributed by atoms with E-state index in [4.69, 9.17) is 16.9 Å². The van der Waals surface area contributed by atoms with E-state index < -0.39 is 0 Å². The second kappa shape index (κ2) is 6.89. The van der Waals surface area contributed by atoms with Crippen LogP contribution in [0.1, 0.15) is 5.56 Å². The lowest BCUT2D eigenvalue weighted by Crippen LogP contribution is -2.22. The summed E-state index contributed by atoms with van der Waals surface area (Å²) >= 11 is 5.78. The SMILES string of the molecule is CN(C)C/C(C#N)=N/NCc1ccc(Cl)cc1. The molecule has 90 valence electrons. The van der Waals surface area contributed by atoms with Crippen LogP contribution in [0.2, 0.25) is 5.02 Å². The molecule has 0 amide bonds. The van der Waals surface area contributed by atoms with Crippen LogP contribution in [0.4, 0.5) is 0 Å². The number of nitriles is 1. The molecule has 1 rings (SSSR count). The summed E-state index contributed by atoms with van der Waals surface area (Å²) in [7, 11) is 3.79. The Morgan fingerprint density at radius 1 is 1.41 bits per heavy atom. The summed E-state index contributed by atoms with van der Waals surface area (Å²) in [5, 5.41) is 13.6. The van der Waals surface area contributed by atoms with Crippen LogP contribution in [0.3, 0.4) is 0 Å². The third-order valence-electron chi connectivity index (χ3n) is 2.01. The molecule has 0 aromatic heterocycles. The number of hydrazone groups is 1. The largest absolute Gasteiger partial charge is 0.305 e. The van der Waals surface area contributed by atoms with Crippen molar-refractivity contribution in [3.8, 4) is 6.07 Å². The van der Waals surface area contributed by atoms with Crippen LogP contribution in [0.25, 0.3) is 0 Å². The van der Waals surface area contributed by atoms with Gasteiger partial charge in [0.1, 0.15) is 6.07 Å². The number of hydrogen-bond acceptors (Lipinski definition) is 4. The van der Waals surface area contributed by atoms with Gasteiger partial charge in [0, 0.05) is 5.02 Å². The lowest BCUT2D eigenvalue weighted by atomic mass is 10.2. The molecular weight excluding hydrogens is 236 g/mol. The lowest BCUT2D eigenvalue weighted by Gasteiger charge is -2.07. The number of hydrogen-bond donors (Lipinski definition) is 1. The first-order valence-corrected chi connectivity index (χ1v) is 5.58. The smallest absolute Gasteiger partial charge is 0.151 e. The number of nitrogens with one attached hydrogen (secondary N) is 1. The Balaban J connectivity index is 2.48. The van der Waals surface area contributed by atoms with Crippen LogP contribution in [0, 0.1) is 11.3 Å². The van der Waals surface area contributed by atoms with Gasteiger partial charge in [-0.25, -0.2) is 0 Å². The van der Waals surface area contributed by atoms with Gasteiger partial charge in [-0.1, -0.05) is 23.7 Å². The first kappa shape index (κ1) is 13.5. The fraction of sp³-hybridized carbons (Fsp3) is 0.333. The minimum atomic E-state index is 0.462. The van der Waals surface area contributed by atoms with Gasteiger partial charge >= 0.3 is 0 Å². The number of benzene rings is 1. The molecular formula is C12H15ClN4. The van der Waals surface area contributed by atoms with Crippen LogP contribution in [0.5, 0.6) is 0 Å². The van der Waals surface area contributed by atoms with Crippen molar-refractivity contribution in [2.45, 2.75) is 6.54 Å². The molecule has 0 atom stereocenters. The summed E-state index contributed by atoms with van der Waals surface area (Å²) in [4.78, 5) is 1.89. The summed E-state index contributed by atoms with van der Waals surface area (Å²) in [6.07, 6.45) is 0. The summed E-state index contributed by atoms with van der Waals surface area (Å²) in [5.41, 5.74) is 4.40. The third-order valence-corrected chi connectivity index (χ3v) is 2.26. The van der Waals surface area contributed by atoms with E-state index >= 15 is 0 Å². The number of rotatable bonds is 5. The molecule has 0 aliphatic carbocycles. The predicted octanol–water partition coefficient (Wildman–Crippen LogP) is 1.87. The standard InChI is InChI=1S/C12H15ClN4/c1-17(2)9-12(7-14)16-15-8-10-3-5-11(13)6-4-10/h3-6,15H,8-9H2,1-2H3/b16-12+. The van der Waals surface area contributed by atoms with Crippen molar-refractivity contribution in [2.75, 3.05) is 20.6 Å². The maximum Gasteiger partial charge on any atom is 0.151 e. The molecule has 1 aromatic rings. The first-order valence-electron chi connectivity index (χ1n) is 5.20. The van der Waals surface area contributed by atoms with E-state index in [1.165, 1.54) is 0 Å². The Labute approximate surface area is 106 Å². The molecule has 0 saturated carbocycles. The van der Waals surface area contributed by atoms with Gasteiger partial charge in [0.25, 0.3) is 0 Å². The molecule has 0 heterocycles. The highest BCUT2D eigenvalue weighted by Crippen LogP contribution is 2.08. The van der Waals surface area contributed by atoms with Crippen molar-refractivity contribution in [3.05, 3.63) is 34.9 Å². The fourth-order valence-electron chi connectivity index (χ4n) is 1.22. The van der Waals surface area contributed by atoms with Gasteiger partial charge in [-0.2, -0.15) is 10.4 Å². The lowest BCUT2D eigenvalue weighted by molar-refractivity contribution is 0.469. The summed E-state index contributed by atoms with van der Waals surface area (Å²) in [6.45, 7) is 1.11. The van der Waals surface area contributed by atoms with Gasteiger partial charge in [0.05, 0.1) is 13.1 Å². The summed E-state index contributed by atoms with van der Waals surface area (Å²) in [6, 6.07) is 9.55. The van der Waals surface area contributed by atoms with Crippen molar-refractivity contribution in [3.63, 3.8) is 0 Å². The maximum atomic E-state index is 8.84. The van der Waals surface area contributed by atoms with Gasteiger partial charge in [-0.15, -0.1) is 0 Å². The monoisotopic (exact) mass is 250 g/mol. The molecule has 1 N–H and O–H groups in total. The molecule has 0 aliphatic rings. The summed E-state index contributed by atoms with van der Waals surface area (Å²) in [5.74, 6) is 0. The first-order chi connectivity index (χ1) is 8.11. The average Bonchev–Trinajstić information content (AvgIpc) is 2.30. The van der Waals surface area contributed by atoms with Gasteiger partial charge in [-0.3, -0.25) is 0 Å². The second-order valence-electron chi connectivity index (χ2n) is 3.87. The zero-order valence-electron chi connectivity index (χ0n) is 9.94. The maximum absolute atomic E-state index is 8.84. The quantitative estimate of drug-likeness (QED) is 0.641. The van der Waals surface area contributed by atoms with Crippen LogP contribution >= 0.6 is 11.6 Å². The molecule has 0 fully saturated rings. The molecule has 0 saturated heterocycles. The zero-order chi connectivity index (χ0) is 12.7. The van der Waals surface area contributed by atoms with Crippen molar-refractivity contribution in [1.29, 1.82) is 5.26 Å². The molecule has 0 radical (unpaired) electrons. The van der Waals surface area contributed by atoms with Crippen LogP contribution in [0.15, 0.2) is 29.4 Å². The van der Waals surface area contributed by atoms with E-state index in [0.29, 0.717) is 23.8 Å². The van der Waals surface area contributed by atoms with E-state index in [-0.39, 0.29) is 0 Å². The Morgan fingerprint density at radius 2 is 2.06 bits per heavy atom. The predicted molar refractivity (Wildman–Crippen MR) is 69.9 cm³/mol. The fourth-order valence-corrected chi connectivity index (χ4v) is 1.35. The van der Waals surface area contributed by atoms with Crippen molar-refractivity contribution < 1.29 is 0 Å². The molecule has 0 spiro atoms. The molecule has 0 unspecified atom stereocenters. The molecule has 4 nitrogen and oxygen atoms in total. The van der Waals surface area contributed by atoms with Crippen LogP contribution in [-0.2, 0) is 6.54 Å². The van der Waals surface area contributed by atoms with E-state index in [1.54, 1.807) is 0 Å². The van der Waals surface area contributed by atoms with Gasteiger partial charge in [0.15, 0.2) is 5.71 Å². The molecule has 5 heteroatoms. The molecule has 0 aliphatic heterocycles. The van der Waals surface area contributed by atoms with Crippen LogP contribution in [-0.4, -0.2) is 31.3 Å². The topological polar surface area (TPSA) is 51.4 Å². The highest BCUT2D eigenvalue weighted by atomic mass is 35.5. The van der Waals surface area contributed by atoms with E-state index in [2.05, 4.69) is 16.6 Å². The Kier molecular flexibility index (Phi) is 5.47. The van der Waals surface area contributed by atoms with E-state index in [9.17, 15) is 0 Å². The van der Waals surface area contributed by atoms with Gasteiger partial charge in [0.2, 0.25) is 0 Å². The second-order valence-corrected chi connectivity index (χ2v) is 4.31. The molecule has 17 heavy (non-hydrogen) atoms. The Morgan fingerprint density at radius 3 is 2.59 bits per heavy atom. The molecule has 0 bridgehead atoms. The Bertz CT molecular complexity index is 417. The van der Waals surface area contributed by atoms with Gasteiger partial charge in [-0.05, 0) is 31.8 Å². The average molecular weight is 251 g/mol. The van der Waals surface area contributed by atoms with Gasteiger partial charge < -0.3 is 10.3 Å². The third kappa shape index (κ3) is 5.34. The number of nitrogens with zero attached hydrogens (tertiary/aromatic N) is 3. The van der Waals surface area contributed by atoms with Crippen molar-refractivity contribution >= 4 is 17.3 Å². The highest BCUT2D eigenvalue weighted by Gasteiger charge is 1.99. The highest BCUT2D eigenvalue weighted by molar-refractivity contribution is 6.30. The molecule has 1 aromatic carbocycles. The van der Waals surface area contributed by atoms with Crippen molar-refractivity contribution in [1.82, 2.24) is 10.3 Å². The normalized spacial score (nSPS) is 11.4. The zero-order valence-corrected chi connectivity index (χ0v) is 10.7. The van der Waals surface area contributed by atoms with Crippen LogP contribution < -0.4 is 5.43 Å². The van der Waals surface area contributed by atoms with E-state index in [1.807, 2.05) is 43.3 Å². The minimum absolute atomic E-state index is 0.462. The summed E-state index contributed by atoms with van der Waals surface area (Å²) < 4.78 is 0. The number of halogens is 1. The van der Waals surface area contributed by atoms with E-state index in [0.717, 1.165) is 5.56 Å². The van der Waals surface area contributed by atoms with Crippen molar-refractivity contribution in [2.24, 2.45) is 5.10 Å². The Hall–Kier alpha value is -1.57.